The molecule has 2 amide bonds. The first-order valence-corrected chi connectivity index (χ1v) is 11.4. The highest BCUT2D eigenvalue weighted by Crippen LogP contribution is 2.34. The third-order valence-electron chi connectivity index (χ3n) is 5.12. The molecular weight excluding hydrogens is 475 g/mol. The van der Waals surface area contributed by atoms with Gasteiger partial charge in [0.2, 0.25) is 5.91 Å². The molecule has 34 heavy (non-hydrogen) atoms. The molecule has 0 aliphatic carbocycles. The summed E-state index contributed by atoms with van der Waals surface area (Å²) < 4.78 is 11.4. The van der Waals surface area contributed by atoms with E-state index in [0.717, 1.165) is 11.3 Å². The lowest BCUT2D eigenvalue weighted by Crippen LogP contribution is -2.41. The summed E-state index contributed by atoms with van der Waals surface area (Å²) in [5.74, 6) is 0.783. The van der Waals surface area contributed by atoms with Crippen LogP contribution in [0.15, 0.2) is 66.7 Å². The molecular formula is C26H22Cl2N2O4. The number of rotatable bonds is 7. The van der Waals surface area contributed by atoms with Gasteiger partial charge in [-0.1, -0.05) is 41.4 Å². The summed E-state index contributed by atoms with van der Waals surface area (Å²) in [5.41, 5.74) is 2.95. The highest BCUT2D eigenvalue weighted by molar-refractivity contribution is 6.35. The van der Waals surface area contributed by atoms with Gasteiger partial charge in [-0.15, -0.1) is 0 Å². The Balaban J connectivity index is 1.40. The molecule has 3 aromatic carbocycles. The first kappa shape index (κ1) is 23.7. The van der Waals surface area contributed by atoms with Gasteiger partial charge in [0.15, 0.2) is 6.61 Å². The van der Waals surface area contributed by atoms with Crippen molar-refractivity contribution in [3.63, 3.8) is 0 Å². The SMILES string of the molecule is Cc1cccc(OCCN2C(=O)COc3cc(NC(=O)/C=C/c4ccc(Cl)cc4Cl)ccc32)c1. The van der Waals surface area contributed by atoms with Crippen LogP contribution in [0.5, 0.6) is 11.5 Å². The fraction of sp³-hybridized carbons (Fsp3) is 0.154. The Labute approximate surface area is 207 Å². The van der Waals surface area contributed by atoms with E-state index in [0.29, 0.717) is 45.9 Å². The number of fused-ring (bicyclic) bond motifs is 1. The maximum Gasteiger partial charge on any atom is 0.265 e. The van der Waals surface area contributed by atoms with E-state index >= 15 is 0 Å². The van der Waals surface area contributed by atoms with E-state index in [4.69, 9.17) is 32.7 Å². The molecule has 174 valence electrons. The first-order chi connectivity index (χ1) is 16.4. The van der Waals surface area contributed by atoms with Gasteiger partial charge in [0.05, 0.1) is 12.2 Å². The summed E-state index contributed by atoms with van der Waals surface area (Å²) in [4.78, 5) is 26.4. The number of anilines is 2. The molecule has 0 bridgehead atoms. The molecule has 1 N–H and O–H groups in total. The van der Waals surface area contributed by atoms with Gasteiger partial charge in [-0.3, -0.25) is 9.59 Å². The van der Waals surface area contributed by atoms with Gasteiger partial charge >= 0.3 is 0 Å². The Morgan fingerprint density at radius 3 is 2.79 bits per heavy atom. The van der Waals surface area contributed by atoms with Crippen molar-refractivity contribution in [1.82, 2.24) is 0 Å². The number of hydrogen-bond donors (Lipinski definition) is 1. The van der Waals surface area contributed by atoms with Crippen molar-refractivity contribution in [2.75, 3.05) is 30.0 Å². The van der Waals surface area contributed by atoms with Crippen LogP contribution in [0.1, 0.15) is 11.1 Å². The van der Waals surface area contributed by atoms with Crippen LogP contribution in [0, 0.1) is 6.92 Å². The van der Waals surface area contributed by atoms with E-state index in [1.807, 2.05) is 31.2 Å². The molecule has 4 rings (SSSR count). The Morgan fingerprint density at radius 1 is 1.15 bits per heavy atom. The summed E-state index contributed by atoms with van der Waals surface area (Å²) in [7, 11) is 0. The molecule has 3 aromatic rings. The molecule has 0 saturated heterocycles. The standard InChI is InChI=1S/C26H22Cl2N2O4/c1-17-3-2-4-21(13-17)33-12-11-30-23-9-8-20(15-24(23)34-16-26(30)32)29-25(31)10-6-18-5-7-19(27)14-22(18)28/h2-10,13-15H,11-12,16H2,1H3,(H,29,31)/b10-6+. The minimum Gasteiger partial charge on any atom is -0.492 e. The van der Waals surface area contributed by atoms with Crippen molar-refractivity contribution in [2.24, 2.45) is 0 Å². The third kappa shape index (κ3) is 5.90. The number of amides is 2. The van der Waals surface area contributed by atoms with Crippen LogP contribution in [-0.2, 0) is 9.59 Å². The smallest absolute Gasteiger partial charge is 0.265 e. The zero-order chi connectivity index (χ0) is 24.1. The molecule has 1 heterocycles. The average Bonchev–Trinajstić information content (AvgIpc) is 2.80. The van der Waals surface area contributed by atoms with Crippen molar-refractivity contribution in [3.05, 3.63) is 87.9 Å². The zero-order valence-corrected chi connectivity index (χ0v) is 19.9. The summed E-state index contributed by atoms with van der Waals surface area (Å²) in [6, 6.07) is 17.9. The maximum absolute atomic E-state index is 12.4. The molecule has 0 aromatic heterocycles. The van der Waals surface area contributed by atoms with Gasteiger partial charge in [-0.2, -0.15) is 0 Å². The van der Waals surface area contributed by atoms with E-state index in [2.05, 4.69) is 5.32 Å². The van der Waals surface area contributed by atoms with Crippen molar-refractivity contribution in [2.45, 2.75) is 6.92 Å². The molecule has 8 heteroatoms. The van der Waals surface area contributed by atoms with Gasteiger partial charge in [-0.05, 0) is 60.5 Å². The number of nitrogens with zero attached hydrogens (tertiary/aromatic N) is 1. The van der Waals surface area contributed by atoms with Gasteiger partial charge in [-0.25, -0.2) is 0 Å². The normalized spacial score (nSPS) is 12.9. The lowest BCUT2D eigenvalue weighted by molar-refractivity contribution is -0.121. The highest BCUT2D eigenvalue weighted by Gasteiger charge is 2.25. The Hall–Kier alpha value is -3.48. The quantitative estimate of drug-likeness (QED) is 0.422. The van der Waals surface area contributed by atoms with Crippen molar-refractivity contribution >= 4 is 52.5 Å². The topological polar surface area (TPSA) is 67.9 Å². The van der Waals surface area contributed by atoms with Crippen LogP contribution in [0.4, 0.5) is 11.4 Å². The lowest BCUT2D eigenvalue weighted by atomic mass is 10.2. The number of aryl methyl sites for hydroxylation is 1. The van der Waals surface area contributed by atoms with Gasteiger partial charge in [0.25, 0.3) is 5.91 Å². The largest absolute Gasteiger partial charge is 0.492 e. The number of carbonyl (C=O) groups excluding carboxylic acids is 2. The van der Waals surface area contributed by atoms with Crippen LogP contribution < -0.4 is 19.7 Å². The molecule has 0 atom stereocenters. The number of nitrogens with one attached hydrogen (secondary N) is 1. The van der Waals surface area contributed by atoms with Crippen LogP contribution in [0.3, 0.4) is 0 Å². The molecule has 1 aliphatic rings. The first-order valence-electron chi connectivity index (χ1n) is 10.6. The highest BCUT2D eigenvalue weighted by atomic mass is 35.5. The second-order valence-corrected chi connectivity index (χ2v) is 8.51. The van der Waals surface area contributed by atoms with Gasteiger partial charge in [0.1, 0.15) is 18.1 Å². The molecule has 0 radical (unpaired) electrons. The number of carbonyl (C=O) groups is 2. The monoisotopic (exact) mass is 496 g/mol. The van der Waals surface area contributed by atoms with Gasteiger partial charge < -0.3 is 19.7 Å². The zero-order valence-electron chi connectivity index (χ0n) is 18.4. The van der Waals surface area contributed by atoms with Crippen molar-refractivity contribution in [3.8, 4) is 11.5 Å². The van der Waals surface area contributed by atoms with Crippen LogP contribution in [0.2, 0.25) is 10.0 Å². The van der Waals surface area contributed by atoms with Gasteiger partial charge in [0, 0.05) is 27.9 Å². The predicted molar refractivity (Wildman–Crippen MR) is 135 cm³/mol. The molecule has 6 nitrogen and oxygen atoms in total. The van der Waals surface area contributed by atoms with Crippen LogP contribution in [0.25, 0.3) is 6.08 Å². The summed E-state index contributed by atoms with van der Waals surface area (Å²) in [6.07, 6.45) is 2.99. The van der Waals surface area contributed by atoms with E-state index in [-0.39, 0.29) is 18.4 Å². The summed E-state index contributed by atoms with van der Waals surface area (Å²) in [5, 5.41) is 3.76. The second-order valence-electron chi connectivity index (χ2n) is 7.67. The minimum atomic E-state index is -0.332. The van der Waals surface area contributed by atoms with E-state index in [1.54, 1.807) is 47.4 Å². The lowest BCUT2D eigenvalue weighted by Gasteiger charge is -2.29. The van der Waals surface area contributed by atoms with Crippen molar-refractivity contribution < 1.29 is 19.1 Å². The number of halogens is 2. The molecule has 1 aliphatic heterocycles. The maximum atomic E-state index is 12.4. The number of benzene rings is 3. The Kier molecular flexibility index (Phi) is 7.40. The van der Waals surface area contributed by atoms with Crippen molar-refractivity contribution in [1.29, 1.82) is 0 Å². The molecule has 0 unspecified atom stereocenters. The predicted octanol–water partition coefficient (Wildman–Crippen LogP) is 5.76. The third-order valence-corrected chi connectivity index (χ3v) is 5.68. The number of ether oxygens (including phenoxy) is 2. The minimum absolute atomic E-state index is 0.0796. The number of hydrogen-bond acceptors (Lipinski definition) is 4. The second kappa shape index (κ2) is 10.6. The van der Waals surface area contributed by atoms with E-state index < -0.39 is 0 Å². The Bertz CT molecular complexity index is 1260. The average molecular weight is 497 g/mol. The van der Waals surface area contributed by atoms with E-state index in [9.17, 15) is 9.59 Å². The van der Waals surface area contributed by atoms with Crippen LogP contribution in [-0.4, -0.2) is 31.6 Å². The Morgan fingerprint density at radius 2 is 2.00 bits per heavy atom. The summed E-state index contributed by atoms with van der Waals surface area (Å²) in [6.45, 7) is 2.63. The molecule has 0 saturated carbocycles. The van der Waals surface area contributed by atoms with Crippen LogP contribution >= 0.6 is 23.2 Å². The molecule has 0 spiro atoms. The fourth-order valence-corrected chi connectivity index (χ4v) is 3.94. The van der Waals surface area contributed by atoms with E-state index in [1.165, 1.54) is 6.08 Å². The molecule has 0 fully saturated rings. The summed E-state index contributed by atoms with van der Waals surface area (Å²) >= 11 is 12.0. The fourth-order valence-electron chi connectivity index (χ4n) is 3.47.